The van der Waals surface area contributed by atoms with Crippen LogP contribution < -0.4 is 0 Å². The summed E-state index contributed by atoms with van der Waals surface area (Å²) in [7, 11) is 10.2. The van der Waals surface area contributed by atoms with Crippen LogP contribution in [-0.2, 0) is 25.7 Å². The van der Waals surface area contributed by atoms with Gasteiger partial charge in [-0.2, -0.15) is 0 Å². The van der Waals surface area contributed by atoms with Crippen LogP contribution in [0.4, 0.5) is 0 Å². The molecule has 4 nitrogen and oxygen atoms in total. The molecule has 0 aliphatic carbocycles. The Morgan fingerprint density at radius 3 is 0.938 bits per heavy atom. The molecule has 4 aliphatic heterocycles. The van der Waals surface area contributed by atoms with Crippen LogP contribution in [0.2, 0.25) is 0 Å². The molecular formula is C26H38N4Si2. The molecule has 4 bridgehead atoms. The fourth-order valence-electron chi connectivity index (χ4n) is 4.07. The summed E-state index contributed by atoms with van der Waals surface area (Å²) in [5, 5.41) is 0. The van der Waals surface area contributed by atoms with Crippen LogP contribution >= 0.6 is 0 Å². The minimum Gasteiger partial charge on any atom is -0.311 e. The Hall–Kier alpha value is -1.55. The lowest BCUT2D eigenvalue weighted by molar-refractivity contribution is 0.493. The van der Waals surface area contributed by atoms with E-state index < -0.39 is 0 Å². The first-order valence-electron chi connectivity index (χ1n) is 11.6. The highest BCUT2D eigenvalue weighted by Crippen LogP contribution is 2.22. The first-order valence-corrected chi connectivity index (χ1v) is 13.4. The molecule has 4 radical (unpaired) electrons. The van der Waals surface area contributed by atoms with Crippen molar-refractivity contribution in [3.63, 3.8) is 0 Å². The smallest absolute Gasteiger partial charge is 0.251 e. The van der Waals surface area contributed by atoms with Gasteiger partial charge in [0.25, 0.3) is 19.7 Å². The first-order chi connectivity index (χ1) is 15.5. The second kappa shape index (κ2) is 13.2. The Kier molecular flexibility index (Phi) is 10.4. The first kappa shape index (κ1) is 25.1. The van der Waals surface area contributed by atoms with Gasteiger partial charge < -0.3 is 18.3 Å². The molecule has 32 heavy (non-hydrogen) atoms. The van der Waals surface area contributed by atoms with Gasteiger partial charge in [-0.1, -0.05) is 60.7 Å². The molecule has 0 aromatic heterocycles. The minimum atomic E-state index is 0.712. The van der Waals surface area contributed by atoms with Gasteiger partial charge in [-0.15, -0.1) is 0 Å². The lowest BCUT2D eigenvalue weighted by Gasteiger charge is -2.20. The van der Waals surface area contributed by atoms with Gasteiger partial charge in [-0.05, 0) is 76.1 Å². The number of fused-ring (bicyclic) bond motifs is 16. The third-order valence-electron chi connectivity index (χ3n) is 5.74. The maximum absolute atomic E-state index is 2.48. The number of nitrogens with zero attached hydrogens (tertiary/aromatic N) is 4. The lowest BCUT2D eigenvalue weighted by atomic mass is 9.91. The summed E-state index contributed by atoms with van der Waals surface area (Å²) in [5.74, 6) is 0. The van der Waals surface area contributed by atoms with Crippen molar-refractivity contribution in [2.75, 3.05) is 54.4 Å². The van der Waals surface area contributed by atoms with E-state index in [4.69, 9.17) is 0 Å². The zero-order chi connectivity index (χ0) is 22.8. The van der Waals surface area contributed by atoms with Crippen molar-refractivity contribution >= 4 is 19.7 Å². The van der Waals surface area contributed by atoms with E-state index in [9.17, 15) is 0 Å². The average Bonchev–Trinajstić information content (AvgIpc) is 2.76. The fourth-order valence-corrected chi connectivity index (χ4v) is 5.98. The largest absolute Gasteiger partial charge is 0.311 e. The number of hydrogen-bond acceptors (Lipinski definition) is 4. The van der Waals surface area contributed by atoms with E-state index >= 15 is 0 Å². The van der Waals surface area contributed by atoms with Gasteiger partial charge in [0.2, 0.25) is 0 Å². The molecule has 4 aliphatic rings. The zero-order valence-corrected chi connectivity index (χ0v) is 22.2. The Morgan fingerprint density at radius 2 is 0.688 bits per heavy atom. The van der Waals surface area contributed by atoms with Crippen molar-refractivity contribution in [2.45, 2.75) is 25.7 Å². The molecule has 0 atom stereocenters. The third-order valence-corrected chi connectivity index (χ3v) is 7.84. The van der Waals surface area contributed by atoms with Crippen LogP contribution in [0.5, 0.6) is 0 Å². The summed E-state index contributed by atoms with van der Waals surface area (Å²) in [4.78, 5) is 0. The molecule has 1 aromatic rings. The highest BCUT2D eigenvalue weighted by atomic mass is 28.2. The molecule has 1 aromatic carbocycles. The number of allylic oxidation sites excluding steroid dienone is 4. The monoisotopic (exact) mass is 462 g/mol. The summed E-state index contributed by atoms with van der Waals surface area (Å²) < 4.78 is 9.56. The van der Waals surface area contributed by atoms with E-state index in [-0.39, 0.29) is 0 Å². The maximum Gasteiger partial charge on any atom is 0.251 e. The van der Waals surface area contributed by atoms with Gasteiger partial charge in [-0.25, -0.2) is 0 Å². The van der Waals surface area contributed by atoms with Crippen LogP contribution in [0.25, 0.3) is 0 Å². The highest BCUT2D eigenvalue weighted by molar-refractivity contribution is 6.28. The summed E-state index contributed by atoms with van der Waals surface area (Å²) in [6.45, 7) is 3.98. The van der Waals surface area contributed by atoms with Crippen molar-refractivity contribution < 1.29 is 0 Å². The van der Waals surface area contributed by atoms with Crippen LogP contribution in [0, 0.1) is 0 Å². The maximum atomic E-state index is 2.48. The van der Waals surface area contributed by atoms with Crippen LogP contribution in [0.3, 0.4) is 0 Å². The van der Waals surface area contributed by atoms with E-state index in [2.05, 4.69) is 107 Å². The number of hydrogen-bond donors (Lipinski definition) is 0. The van der Waals surface area contributed by atoms with E-state index in [0.717, 1.165) is 51.9 Å². The summed E-state index contributed by atoms with van der Waals surface area (Å²) in [5.41, 5.74) is 5.89. The van der Waals surface area contributed by atoms with Gasteiger partial charge in [-0.3, -0.25) is 0 Å². The molecule has 0 fully saturated rings. The quantitative estimate of drug-likeness (QED) is 0.434. The van der Waals surface area contributed by atoms with Gasteiger partial charge in [0, 0.05) is 26.2 Å². The molecule has 6 heteroatoms. The zero-order valence-electron chi connectivity index (χ0n) is 20.2. The third kappa shape index (κ3) is 8.42. The molecule has 0 saturated carbocycles. The van der Waals surface area contributed by atoms with Crippen molar-refractivity contribution in [1.82, 2.24) is 18.3 Å². The molecule has 0 saturated heterocycles. The predicted molar refractivity (Wildman–Crippen MR) is 140 cm³/mol. The van der Waals surface area contributed by atoms with E-state index in [1.807, 2.05) is 0 Å². The topological polar surface area (TPSA) is 13.0 Å². The number of likely N-dealkylation sites (N-methyl/N-ethyl adjacent to an activating group) is 4. The van der Waals surface area contributed by atoms with Crippen LogP contribution in [-0.4, -0.2) is 92.3 Å². The van der Waals surface area contributed by atoms with Crippen LogP contribution in [0.1, 0.15) is 22.3 Å². The molecule has 0 spiro atoms. The fraction of sp³-hybridized carbons (Fsp3) is 0.462. The summed E-state index contributed by atoms with van der Waals surface area (Å²) >= 11 is 0. The molecule has 0 N–H and O–H groups in total. The molecule has 170 valence electrons. The standard InChI is InChI=1S/C26H38N4Si2/c1-27-17-9-5-13-23-21-26-16-8-12-20-30(4)32-29(3)19-11-7-15-24(23)22-25(26)14-6-10-18-28(2)31-27/h5-12,21-22H,13-20H2,1-4H3/b9-5-,10-6-,11-7-,12-8-. The minimum absolute atomic E-state index is 0.712. The van der Waals surface area contributed by atoms with Gasteiger partial charge in [0.15, 0.2) is 0 Å². The van der Waals surface area contributed by atoms with E-state index in [1.54, 1.807) is 0 Å². The van der Waals surface area contributed by atoms with E-state index in [1.165, 1.54) is 22.3 Å². The van der Waals surface area contributed by atoms with Gasteiger partial charge in [0.05, 0.1) is 0 Å². The molecule has 4 heterocycles. The van der Waals surface area contributed by atoms with E-state index in [0.29, 0.717) is 19.7 Å². The Morgan fingerprint density at radius 1 is 0.438 bits per heavy atom. The lowest BCUT2D eigenvalue weighted by Crippen LogP contribution is -2.37. The molecular weight excluding hydrogens is 424 g/mol. The second-order valence-corrected chi connectivity index (χ2v) is 12.3. The Labute approximate surface area is 200 Å². The van der Waals surface area contributed by atoms with Crippen molar-refractivity contribution in [3.8, 4) is 0 Å². The number of benzene rings is 1. The molecule has 5 rings (SSSR count). The van der Waals surface area contributed by atoms with Crippen molar-refractivity contribution in [3.05, 3.63) is 83.0 Å². The second-order valence-electron chi connectivity index (χ2n) is 8.81. The summed E-state index contributed by atoms with van der Waals surface area (Å²) in [6, 6.07) is 4.96. The highest BCUT2D eigenvalue weighted by Gasteiger charge is 2.10. The average molecular weight is 463 g/mol. The van der Waals surface area contributed by atoms with Crippen LogP contribution in [0.15, 0.2) is 60.7 Å². The summed E-state index contributed by atoms with van der Waals surface area (Å²) in [6.07, 6.45) is 22.8. The SMILES string of the molecule is CN1C/C=C\Cc2cc3c(cc2C/C=C\CN(C)[Si]N(C)C/C=C\C3)C/C=C\CN(C)[Si]1. The van der Waals surface area contributed by atoms with Gasteiger partial charge >= 0.3 is 0 Å². The predicted octanol–water partition coefficient (Wildman–Crippen LogP) is 2.90. The van der Waals surface area contributed by atoms with Gasteiger partial charge in [0.1, 0.15) is 0 Å². The number of rotatable bonds is 0. The van der Waals surface area contributed by atoms with Crippen molar-refractivity contribution in [1.29, 1.82) is 0 Å². The Balaban J connectivity index is 1.95. The Bertz CT molecular complexity index is 714. The normalized spacial score (nSPS) is 25.4. The van der Waals surface area contributed by atoms with Crippen molar-refractivity contribution in [2.24, 2.45) is 0 Å². The molecule has 0 unspecified atom stereocenters. The molecule has 0 amide bonds.